The molecule has 0 spiro atoms. The van der Waals surface area contributed by atoms with Gasteiger partial charge in [-0.2, -0.15) is 0 Å². The number of aryl methyl sites for hydroxylation is 2. The molecule has 1 fully saturated rings. The lowest BCUT2D eigenvalue weighted by Gasteiger charge is -2.17. The lowest BCUT2D eigenvalue weighted by atomic mass is 10.1. The Hall–Kier alpha value is -3.32. The molecular formula is C23H30N4O3. The van der Waals surface area contributed by atoms with Gasteiger partial charge < -0.3 is 19.8 Å². The van der Waals surface area contributed by atoms with E-state index in [-0.39, 0.29) is 8.88 Å². The van der Waals surface area contributed by atoms with Crippen LogP contribution in [0, 0.1) is 13.8 Å². The fraction of sp³-hybridized carbons (Fsp3) is 0.304. The van der Waals surface area contributed by atoms with E-state index in [1.54, 1.807) is 11.1 Å². The predicted octanol–water partition coefficient (Wildman–Crippen LogP) is 5.26. The van der Waals surface area contributed by atoms with E-state index < -0.39 is 0 Å². The van der Waals surface area contributed by atoms with E-state index in [4.69, 9.17) is 9.15 Å². The molecular weight excluding hydrogens is 380 g/mol. The van der Waals surface area contributed by atoms with Gasteiger partial charge in [0.2, 0.25) is 0 Å². The third kappa shape index (κ3) is 4.16. The molecule has 0 radical (unpaired) electrons. The van der Waals surface area contributed by atoms with Crippen molar-refractivity contribution in [1.29, 1.82) is 0 Å². The number of carbonyl (C=O) groups is 1. The van der Waals surface area contributed by atoms with E-state index >= 15 is 0 Å². The van der Waals surface area contributed by atoms with Gasteiger partial charge in [0.1, 0.15) is 0 Å². The number of benzene rings is 2. The molecule has 1 aromatic heterocycles. The number of aromatic nitrogens is 1. The maximum Gasteiger partial charge on any atom is 0.322 e. The number of amides is 2. The highest BCUT2D eigenvalue weighted by atomic mass is 16.5. The molecule has 3 aromatic rings. The van der Waals surface area contributed by atoms with Crippen LogP contribution in [0.1, 0.15) is 26.5 Å². The Labute approximate surface area is 179 Å². The highest BCUT2D eigenvalue weighted by Gasteiger charge is 2.23. The topological polar surface area (TPSA) is 79.6 Å². The van der Waals surface area contributed by atoms with Crippen LogP contribution < -0.4 is 15.5 Å². The van der Waals surface area contributed by atoms with Gasteiger partial charge in [0.15, 0.2) is 5.76 Å². The molecule has 1 saturated heterocycles. The monoisotopic (exact) mass is 410 g/mol. The third-order valence-corrected chi connectivity index (χ3v) is 5.16. The number of oxazole rings is 1. The van der Waals surface area contributed by atoms with Crippen LogP contribution in [0.25, 0.3) is 11.3 Å². The Morgan fingerprint density at radius 1 is 1.23 bits per heavy atom. The minimum Gasteiger partial charge on any atom is -0.423 e. The lowest BCUT2D eigenvalue weighted by molar-refractivity contribution is 0.134. The molecule has 0 saturated carbocycles. The molecule has 2 aromatic carbocycles. The minimum atomic E-state index is -0.0717. The molecule has 4 rings (SSSR count). The minimum absolute atomic E-state index is 0. The van der Waals surface area contributed by atoms with Crippen molar-refractivity contribution in [2.45, 2.75) is 27.4 Å². The fourth-order valence-electron chi connectivity index (χ4n) is 3.45. The second-order valence-corrected chi connectivity index (χ2v) is 7.33. The SMILES string of the molecule is CCOCc1ccc(C)c(Nc2ncc(-c3ccc(C)c(N4CCNC4=O)c3)o2)c1.[HH].[HH]. The van der Waals surface area contributed by atoms with E-state index in [0.29, 0.717) is 38.1 Å². The molecule has 30 heavy (non-hydrogen) atoms. The number of nitrogens with zero attached hydrogens (tertiary/aromatic N) is 2. The van der Waals surface area contributed by atoms with Crippen LogP contribution in [-0.2, 0) is 11.3 Å². The molecule has 1 aliphatic heterocycles. The van der Waals surface area contributed by atoms with Crippen LogP contribution in [-0.4, -0.2) is 30.7 Å². The largest absolute Gasteiger partial charge is 0.423 e. The van der Waals surface area contributed by atoms with E-state index in [0.717, 1.165) is 33.6 Å². The van der Waals surface area contributed by atoms with Crippen LogP contribution >= 0.6 is 0 Å². The second-order valence-electron chi connectivity index (χ2n) is 7.33. The van der Waals surface area contributed by atoms with Crippen molar-refractivity contribution in [3.63, 3.8) is 0 Å². The van der Waals surface area contributed by atoms with Crippen molar-refractivity contribution in [3.05, 3.63) is 59.3 Å². The summed E-state index contributed by atoms with van der Waals surface area (Å²) in [7, 11) is 0. The molecule has 2 amide bonds. The third-order valence-electron chi connectivity index (χ3n) is 5.16. The molecule has 0 atom stereocenters. The summed E-state index contributed by atoms with van der Waals surface area (Å²) in [6.07, 6.45) is 1.69. The van der Waals surface area contributed by atoms with Crippen LogP contribution in [0.3, 0.4) is 0 Å². The van der Waals surface area contributed by atoms with E-state index in [1.165, 1.54) is 0 Å². The quantitative estimate of drug-likeness (QED) is 0.555. The van der Waals surface area contributed by atoms with Gasteiger partial charge in [0.05, 0.1) is 12.8 Å². The first kappa shape index (κ1) is 20.0. The summed E-state index contributed by atoms with van der Waals surface area (Å²) in [6.45, 7) is 8.56. The van der Waals surface area contributed by atoms with Gasteiger partial charge in [-0.1, -0.05) is 24.3 Å². The van der Waals surface area contributed by atoms with Gasteiger partial charge in [-0.15, -0.1) is 0 Å². The summed E-state index contributed by atoms with van der Waals surface area (Å²) < 4.78 is 11.5. The molecule has 7 heteroatoms. The first-order valence-electron chi connectivity index (χ1n) is 10.1. The van der Waals surface area contributed by atoms with Crippen molar-refractivity contribution in [3.8, 4) is 11.3 Å². The summed E-state index contributed by atoms with van der Waals surface area (Å²) in [5, 5.41) is 6.10. The Morgan fingerprint density at radius 3 is 2.83 bits per heavy atom. The zero-order valence-corrected chi connectivity index (χ0v) is 17.5. The molecule has 0 unspecified atom stereocenters. The first-order chi connectivity index (χ1) is 14.5. The number of ether oxygens (including phenoxy) is 1. The van der Waals surface area contributed by atoms with Gasteiger partial charge in [-0.05, 0) is 49.6 Å². The van der Waals surface area contributed by atoms with E-state index in [2.05, 4.69) is 21.7 Å². The Balaban J connectivity index is 0.00000181. The van der Waals surface area contributed by atoms with Crippen molar-refractivity contribution in [2.24, 2.45) is 0 Å². The molecule has 2 heterocycles. The van der Waals surface area contributed by atoms with Crippen LogP contribution in [0.4, 0.5) is 22.2 Å². The van der Waals surface area contributed by atoms with Crippen molar-refractivity contribution in [2.75, 3.05) is 29.9 Å². The molecule has 7 nitrogen and oxygen atoms in total. The standard InChI is InChI=1S/C23H26N4O3.2H2/c1-4-29-14-17-7-5-15(2)19(11-17)26-22-25-13-21(30-22)18-8-6-16(3)20(12-18)27-10-9-24-23(27)28;;/h5-8,11-13H,4,9-10,14H2,1-3H3,(H,24,28)(H,25,26);2*1H. The number of carbonyl (C=O) groups excluding carboxylic acids is 1. The van der Waals surface area contributed by atoms with Gasteiger partial charge in [0.25, 0.3) is 6.01 Å². The average molecular weight is 411 g/mol. The Kier molecular flexibility index (Phi) is 5.72. The van der Waals surface area contributed by atoms with Crippen LogP contribution in [0.5, 0.6) is 0 Å². The zero-order chi connectivity index (χ0) is 21.1. The number of anilines is 3. The maximum atomic E-state index is 12.1. The molecule has 0 aliphatic carbocycles. The average Bonchev–Trinajstić information content (AvgIpc) is 3.38. The predicted molar refractivity (Wildman–Crippen MR) is 121 cm³/mol. The maximum absolute atomic E-state index is 12.1. The summed E-state index contributed by atoms with van der Waals surface area (Å²) in [5.41, 5.74) is 5.90. The molecule has 1 aliphatic rings. The summed E-state index contributed by atoms with van der Waals surface area (Å²) in [5.74, 6) is 0.640. The van der Waals surface area contributed by atoms with Gasteiger partial charge in [0, 0.05) is 39.5 Å². The number of hydrogen-bond donors (Lipinski definition) is 2. The van der Waals surface area contributed by atoms with Crippen molar-refractivity contribution >= 4 is 23.4 Å². The summed E-state index contributed by atoms with van der Waals surface area (Å²) in [6, 6.07) is 12.4. The Bertz CT molecular complexity index is 1070. The van der Waals surface area contributed by atoms with E-state index in [9.17, 15) is 4.79 Å². The van der Waals surface area contributed by atoms with Gasteiger partial charge in [-0.25, -0.2) is 9.78 Å². The summed E-state index contributed by atoms with van der Waals surface area (Å²) >= 11 is 0. The molecule has 2 N–H and O–H groups in total. The fourth-order valence-corrected chi connectivity index (χ4v) is 3.45. The normalized spacial score (nSPS) is 13.6. The van der Waals surface area contributed by atoms with Gasteiger partial charge >= 0.3 is 6.03 Å². The number of nitrogens with one attached hydrogen (secondary N) is 2. The number of urea groups is 1. The lowest BCUT2D eigenvalue weighted by Crippen LogP contribution is -2.28. The zero-order valence-electron chi connectivity index (χ0n) is 17.5. The molecule has 160 valence electrons. The van der Waals surface area contributed by atoms with E-state index in [1.807, 2.05) is 51.1 Å². The second kappa shape index (κ2) is 8.59. The molecule has 0 bridgehead atoms. The number of rotatable bonds is 7. The highest BCUT2D eigenvalue weighted by Crippen LogP contribution is 2.31. The van der Waals surface area contributed by atoms with Gasteiger partial charge in [-0.3, -0.25) is 4.90 Å². The van der Waals surface area contributed by atoms with Crippen LogP contribution in [0.2, 0.25) is 0 Å². The van der Waals surface area contributed by atoms with Crippen molar-refractivity contribution < 1.29 is 16.8 Å². The first-order valence-corrected chi connectivity index (χ1v) is 10.1. The van der Waals surface area contributed by atoms with Crippen molar-refractivity contribution in [1.82, 2.24) is 10.3 Å². The smallest absolute Gasteiger partial charge is 0.322 e. The summed E-state index contributed by atoms with van der Waals surface area (Å²) in [4.78, 5) is 18.2. The highest BCUT2D eigenvalue weighted by molar-refractivity contribution is 5.95. The van der Waals surface area contributed by atoms with Crippen LogP contribution in [0.15, 0.2) is 47.0 Å². The number of hydrogen-bond acceptors (Lipinski definition) is 5. The Morgan fingerprint density at radius 2 is 2.07 bits per heavy atom.